The number of benzene rings is 1. The first-order valence-electron chi connectivity index (χ1n) is 15.5. The Morgan fingerprint density at radius 2 is 1.69 bits per heavy atom. The van der Waals surface area contributed by atoms with Gasteiger partial charge in [-0.05, 0) is 54.4 Å². The molecule has 0 radical (unpaired) electrons. The van der Waals surface area contributed by atoms with Crippen molar-refractivity contribution in [3.05, 3.63) is 46.3 Å². The summed E-state index contributed by atoms with van der Waals surface area (Å²) < 4.78 is 32.8. The monoisotopic (exact) mass is 603 g/mol. The minimum absolute atomic E-state index is 0.0336. The molecule has 0 spiro atoms. The highest BCUT2D eigenvalue weighted by Gasteiger charge is 2.52. The zero-order valence-corrected chi connectivity index (χ0v) is 28.4. The van der Waals surface area contributed by atoms with Gasteiger partial charge in [0.15, 0.2) is 26.7 Å². The summed E-state index contributed by atoms with van der Waals surface area (Å²) in [4.78, 5) is 15.8. The van der Waals surface area contributed by atoms with Crippen molar-refractivity contribution in [2.75, 3.05) is 0 Å². The highest BCUT2D eigenvalue weighted by molar-refractivity contribution is 6.74. The first kappa shape index (κ1) is 34.7. The average molecular weight is 604 g/mol. The second-order valence-electron chi connectivity index (χ2n) is 13.6. The number of hydrogen-bond donors (Lipinski definition) is 0. The summed E-state index contributed by atoms with van der Waals surface area (Å²) in [5.41, 5.74) is 10.6. The van der Waals surface area contributed by atoms with Crippen LogP contribution >= 0.6 is 0 Å². The van der Waals surface area contributed by atoms with Crippen LogP contribution in [0.2, 0.25) is 18.1 Å². The molecular formula is C32H53N3O6Si. The number of carbonyl (C=O) groups is 1. The summed E-state index contributed by atoms with van der Waals surface area (Å²) in [6.07, 6.45) is -2.34. The fourth-order valence-corrected chi connectivity index (χ4v) is 8.62. The van der Waals surface area contributed by atoms with Gasteiger partial charge < -0.3 is 23.4 Å². The van der Waals surface area contributed by atoms with E-state index < -0.39 is 39.1 Å². The number of rotatable bonds is 12. The number of carbonyl (C=O) groups excluding carboxylic acids is 1. The molecule has 0 amide bonds. The Kier molecular flexibility index (Phi) is 11.8. The maximum absolute atomic E-state index is 12.7. The van der Waals surface area contributed by atoms with E-state index in [1.54, 1.807) is 6.92 Å². The van der Waals surface area contributed by atoms with Gasteiger partial charge in [0, 0.05) is 16.7 Å². The minimum Gasteiger partial charge on any atom is -0.392 e. The fraction of sp³-hybridized carbons (Fsp3) is 0.781. The van der Waals surface area contributed by atoms with Crippen molar-refractivity contribution < 1.29 is 28.2 Å². The third-order valence-electron chi connectivity index (χ3n) is 10.2. The van der Waals surface area contributed by atoms with Crippen LogP contribution in [0.4, 0.5) is 0 Å². The summed E-state index contributed by atoms with van der Waals surface area (Å²) in [7, 11) is -2.30. The Bertz CT molecular complexity index is 1080. The van der Waals surface area contributed by atoms with Gasteiger partial charge in [-0.25, -0.2) is 0 Å². The lowest BCUT2D eigenvalue weighted by molar-refractivity contribution is -0.314. The lowest BCUT2D eigenvalue weighted by Crippen LogP contribution is -2.60. The Labute approximate surface area is 253 Å². The van der Waals surface area contributed by atoms with E-state index in [-0.39, 0.29) is 40.8 Å². The summed E-state index contributed by atoms with van der Waals surface area (Å²) in [6.45, 7) is 23.4. The average Bonchev–Trinajstić information content (AvgIpc) is 2.93. The molecule has 1 aromatic rings. The van der Waals surface area contributed by atoms with Crippen molar-refractivity contribution in [3.8, 4) is 0 Å². The molecule has 3 rings (SSSR count). The molecule has 1 aromatic carbocycles. The SMILES string of the molecule is CCC1O[C@@H](O[Si](C)(C)C(C)(C)C(C)C)C(N=[N+]=[N-])[C@@H](C)[C@@H]1O[C@@H]1OC(C(C)=O)[C@@H](C)[C@@H](OCc2ccccc2)C1C. The molecule has 236 valence electrons. The number of ketones is 1. The molecule has 9 nitrogen and oxygen atoms in total. The van der Waals surface area contributed by atoms with Crippen LogP contribution in [0, 0.1) is 23.7 Å². The lowest BCUT2D eigenvalue weighted by atomic mass is 9.83. The topological polar surface area (TPSA) is 112 Å². The minimum atomic E-state index is -2.30. The van der Waals surface area contributed by atoms with E-state index in [4.69, 9.17) is 23.4 Å². The van der Waals surface area contributed by atoms with Gasteiger partial charge in [-0.2, -0.15) is 0 Å². The Hall–Kier alpha value is -1.78. The van der Waals surface area contributed by atoms with Crippen molar-refractivity contribution in [1.29, 1.82) is 0 Å². The van der Waals surface area contributed by atoms with E-state index in [1.807, 2.05) is 51.1 Å². The predicted octanol–water partition coefficient (Wildman–Crippen LogP) is 7.65. The molecule has 10 atom stereocenters. The normalized spacial score (nSPS) is 34.2. The van der Waals surface area contributed by atoms with Gasteiger partial charge in [0.1, 0.15) is 6.10 Å². The highest BCUT2D eigenvalue weighted by atomic mass is 28.4. The van der Waals surface area contributed by atoms with Gasteiger partial charge in [0.05, 0.1) is 31.0 Å². The molecule has 0 N–H and O–H groups in total. The molecule has 0 bridgehead atoms. The zero-order valence-electron chi connectivity index (χ0n) is 27.4. The van der Waals surface area contributed by atoms with Crippen molar-refractivity contribution >= 4 is 14.1 Å². The first-order valence-corrected chi connectivity index (χ1v) is 18.4. The number of nitrogens with zero attached hydrogens (tertiary/aromatic N) is 3. The van der Waals surface area contributed by atoms with Gasteiger partial charge in [0.2, 0.25) is 0 Å². The maximum Gasteiger partial charge on any atom is 0.196 e. The predicted molar refractivity (Wildman–Crippen MR) is 166 cm³/mol. The van der Waals surface area contributed by atoms with Crippen molar-refractivity contribution in [3.63, 3.8) is 0 Å². The third-order valence-corrected chi connectivity index (χ3v) is 14.7. The lowest BCUT2D eigenvalue weighted by Gasteiger charge is -2.51. The first-order chi connectivity index (χ1) is 19.7. The zero-order chi connectivity index (χ0) is 31.4. The van der Waals surface area contributed by atoms with Crippen LogP contribution in [-0.4, -0.2) is 57.1 Å². The van der Waals surface area contributed by atoms with Gasteiger partial charge in [-0.1, -0.05) is 90.8 Å². The highest BCUT2D eigenvalue weighted by Crippen LogP contribution is 2.47. The van der Waals surface area contributed by atoms with Crippen molar-refractivity contribution in [2.45, 2.75) is 137 Å². The molecule has 2 aliphatic heterocycles. The largest absolute Gasteiger partial charge is 0.392 e. The van der Waals surface area contributed by atoms with Crippen molar-refractivity contribution in [2.24, 2.45) is 28.8 Å². The van der Waals surface area contributed by atoms with Gasteiger partial charge in [0.25, 0.3) is 0 Å². The molecule has 0 saturated carbocycles. The Morgan fingerprint density at radius 1 is 1.05 bits per heavy atom. The summed E-state index contributed by atoms with van der Waals surface area (Å²) in [5, 5.41) is 4.14. The van der Waals surface area contributed by atoms with Crippen LogP contribution in [0.3, 0.4) is 0 Å². The quantitative estimate of drug-likeness (QED) is 0.105. The van der Waals surface area contributed by atoms with Crippen molar-refractivity contribution in [1.82, 2.24) is 0 Å². The van der Waals surface area contributed by atoms with E-state index in [0.717, 1.165) is 5.56 Å². The number of azide groups is 1. The molecule has 2 saturated heterocycles. The molecule has 10 heteroatoms. The third kappa shape index (κ3) is 7.46. The molecule has 2 aliphatic rings. The van der Waals surface area contributed by atoms with Gasteiger partial charge in [-0.15, -0.1) is 0 Å². The van der Waals surface area contributed by atoms with E-state index in [1.165, 1.54) is 0 Å². The van der Waals surface area contributed by atoms with E-state index >= 15 is 0 Å². The van der Waals surface area contributed by atoms with E-state index in [9.17, 15) is 10.3 Å². The van der Waals surface area contributed by atoms with Gasteiger partial charge in [-0.3, -0.25) is 4.79 Å². The molecule has 42 heavy (non-hydrogen) atoms. The molecule has 4 unspecified atom stereocenters. The second-order valence-corrected chi connectivity index (χ2v) is 18.2. The molecule has 0 aromatic heterocycles. The summed E-state index contributed by atoms with van der Waals surface area (Å²) >= 11 is 0. The van der Waals surface area contributed by atoms with Crippen LogP contribution in [-0.2, 0) is 34.8 Å². The molecule has 0 aliphatic carbocycles. The van der Waals surface area contributed by atoms with Crippen LogP contribution in [0.5, 0.6) is 0 Å². The number of ether oxygens (including phenoxy) is 4. The fourth-order valence-electron chi connectivity index (χ4n) is 6.15. The Balaban J connectivity index is 1.85. The van der Waals surface area contributed by atoms with E-state index in [0.29, 0.717) is 18.9 Å². The smallest absolute Gasteiger partial charge is 0.196 e. The van der Waals surface area contributed by atoms with Crippen LogP contribution in [0.1, 0.15) is 74.3 Å². The molecule has 2 fully saturated rings. The summed E-state index contributed by atoms with van der Waals surface area (Å²) in [6, 6.07) is 9.42. The maximum atomic E-state index is 12.7. The van der Waals surface area contributed by atoms with E-state index in [2.05, 4.69) is 57.7 Å². The standard InChI is InChI=1S/C32H53N3O6Si/c1-12-25-29(20(4)26(34-35-33)31(38-25)41-42(10,11)32(8,9)19(2)3)40-30-22(6)27(21(5)28(39-30)23(7)36)37-18-24-16-14-13-15-17-24/h13-17,19-22,25-31H,12,18H2,1-11H3/t20-,21+,22?,25?,26?,27-,28?,29+,30+,31+/m1/s1. The van der Waals surface area contributed by atoms with Crippen LogP contribution in [0.25, 0.3) is 10.4 Å². The number of hydrogen-bond acceptors (Lipinski definition) is 7. The van der Waals surface area contributed by atoms with Crippen LogP contribution in [0.15, 0.2) is 35.4 Å². The second kappa shape index (κ2) is 14.3. The number of Topliss-reactive ketones (excluding diaryl/α,β-unsaturated/α-hetero) is 1. The molecule has 2 heterocycles. The summed E-state index contributed by atoms with van der Waals surface area (Å²) in [5.74, 6) is -0.167. The van der Waals surface area contributed by atoms with Crippen LogP contribution < -0.4 is 0 Å². The Morgan fingerprint density at radius 3 is 2.24 bits per heavy atom. The van der Waals surface area contributed by atoms with Gasteiger partial charge >= 0.3 is 0 Å². The molecular weight excluding hydrogens is 550 g/mol.